The molecular formula is C17H14BrNO3S. The van der Waals surface area contributed by atoms with Gasteiger partial charge in [0.15, 0.2) is 0 Å². The van der Waals surface area contributed by atoms with Gasteiger partial charge in [-0.1, -0.05) is 28.1 Å². The summed E-state index contributed by atoms with van der Waals surface area (Å²) in [7, 11) is 1.59. The molecule has 0 radical (unpaired) electrons. The zero-order valence-electron chi connectivity index (χ0n) is 12.4. The van der Waals surface area contributed by atoms with Crippen LogP contribution in [-0.4, -0.2) is 24.2 Å². The van der Waals surface area contributed by atoms with E-state index in [1.807, 2.05) is 36.4 Å². The van der Waals surface area contributed by atoms with Crippen LogP contribution in [0.5, 0.6) is 5.75 Å². The van der Waals surface area contributed by atoms with Crippen molar-refractivity contribution in [3.05, 3.63) is 53.0 Å². The number of carbonyl (C=O) groups is 2. The van der Waals surface area contributed by atoms with Gasteiger partial charge in [0, 0.05) is 10.9 Å². The number of halogens is 1. The summed E-state index contributed by atoms with van der Waals surface area (Å²) in [6.07, 6.45) is 0.192. The fourth-order valence-corrected chi connectivity index (χ4v) is 3.85. The van der Waals surface area contributed by atoms with Crippen molar-refractivity contribution in [2.75, 3.05) is 12.0 Å². The van der Waals surface area contributed by atoms with Crippen molar-refractivity contribution in [1.29, 1.82) is 0 Å². The highest BCUT2D eigenvalue weighted by Crippen LogP contribution is 2.38. The number of carbonyl (C=O) groups excluding carboxylic acids is 2. The number of hydrogen-bond acceptors (Lipinski definition) is 4. The number of rotatable bonds is 4. The summed E-state index contributed by atoms with van der Waals surface area (Å²) in [5.41, 5.74) is 0.603. The largest absolute Gasteiger partial charge is 0.496 e. The molecule has 0 aliphatic carbocycles. The van der Waals surface area contributed by atoms with Crippen LogP contribution in [0, 0.1) is 0 Å². The smallest absolute Gasteiger partial charge is 0.247 e. The summed E-state index contributed by atoms with van der Waals surface area (Å²) >= 11 is 4.72. The molecule has 1 aliphatic rings. The van der Waals surface area contributed by atoms with Crippen molar-refractivity contribution in [2.45, 2.75) is 16.6 Å². The molecule has 2 amide bonds. The fourth-order valence-electron chi connectivity index (χ4n) is 2.43. The standard InChI is InChI=1S/C17H14BrNO3S/c1-22-13-4-2-3-5-14(13)23-15-10-16(20)19(17(15)21)12-8-6-11(18)7-9-12/h2-9,15H,10H2,1H3/t15-/m1/s1. The molecular weight excluding hydrogens is 378 g/mol. The minimum Gasteiger partial charge on any atom is -0.496 e. The number of hydrogen-bond donors (Lipinski definition) is 0. The number of anilines is 1. The Balaban J connectivity index is 1.82. The molecule has 23 heavy (non-hydrogen) atoms. The summed E-state index contributed by atoms with van der Waals surface area (Å²) in [6.45, 7) is 0. The number of benzene rings is 2. The Morgan fingerprint density at radius 2 is 1.83 bits per heavy atom. The molecule has 118 valence electrons. The summed E-state index contributed by atoms with van der Waals surface area (Å²) in [5.74, 6) is 0.345. The third-order valence-electron chi connectivity index (χ3n) is 3.53. The van der Waals surface area contributed by atoms with Gasteiger partial charge >= 0.3 is 0 Å². The van der Waals surface area contributed by atoms with Gasteiger partial charge < -0.3 is 4.74 Å². The van der Waals surface area contributed by atoms with Gasteiger partial charge in [0.1, 0.15) is 5.75 Å². The first-order valence-corrected chi connectivity index (χ1v) is 8.69. The molecule has 0 bridgehead atoms. The molecule has 0 saturated carbocycles. The second-order valence-electron chi connectivity index (χ2n) is 5.01. The van der Waals surface area contributed by atoms with E-state index in [4.69, 9.17) is 4.74 Å². The second kappa shape index (κ2) is 6.76. The van der Waals surface area contributed by atoms with Gasteiger partial charge in [-0.15, -0.1) is 11.8 Å². The highest BCUT2D eigenvalue weighted by Gasteiger charge is 2.40. The molecule has 0 N–H and O–H groups in total. The average Bonchev–Trinajstić information content (AvgIpc) is 2.83. The maximum atomic E-state index is 12.6. The summed E-state index contributed by atoms with van der Waals surface area (Å²) < 4.78 is 6.21. The second-order valence-corrected chi connectivity index (χ2v) is 7.17. The summed E-state index contributed by atoms with van der Waals surface area (Å²) in [6, 6.07) is 14.6. The topological polar surface area (TPSA) is 46.6 Å². The molecule has 1 atom stereocenters. The predicted octanol–water partition coefficient (Wildman–Crippen LogP) is 3.88. The van der Waals surface area contributed by atoms with E-state index in [-0.39, 0.29) is 18.2 Å². The van der Waals surface area contributed by atoms with Crippen molar-refractivity contribution in [2.24, 2.45) is 0 Å². The van der Waals surface area contributed by atoms with Crippen LogP contribution in [0.4, 0.5) is 5.69 Å². The van der Waals surface area contributed by atoms with Crippen LogP contribution in [0.2, 0.25) is 0 Å². The zero-order valence-corrected chi connectivity index (χ0v) is 14.8. The first kappa shape index (κ1) is 16.1. The first-order valence-electron chi connectivity index (χ1n) is 7.02. The summed E-state index contributed by atoms with van der Waals surface area (Å²) in [5, 5.41) is -0.428. The van der Waals surface area contributed by atoms with Crippen molar-refractivity contribution in [3.63, 3.8) is 0 Å². The molecule has 3 rings (SSSR count). The summed E-state index contributed by atoms with van der Waals surface area (Å²) in [4.78, 5) is 27.0. The van der Waals surface area contributed by atoms with Crippen LogP contribution < -0.4 is 9.64 Å². The number of imide groups is 1. The maximum absolute atomic E-state index is 12.6. The lowest BCUT2D eigenvalue weighted by Gasteiger charge is -2.15. The average molecular weight is 392 g/mol. The molecule has 0 unspecified atom stereocenters. The lowest BCUT2D eigenvalue weighted by atomic mass is 10.3. The van der Waals surface area contributed by atoms with E-state index < -0.39 is 5.25 Å². The Bertz CT molecular complexity index is 748. The fraction of sp³-hybridized carbons (Fsp3) is 0.176. The maximum Gasteiger partial charge on any atom is 0.247 e. The third-order valence-corrected chi connectivity index (χ3v) is 5.30. The Morgan fingerprint density at radius 3 is 2.52 bits per heavy atom. The van der Waals surface area contributed by atoms with Gasteiger partial charge in [-0.3, -0.25) is 9.59 Å². The van der Waals surface area contributed by atoms with Crippen LogP contribution in [0.3, 0.4) is 0 Å². The van der Waals surface area contributed by atoms with Crippen LogP contribution in [-0.2, 0) is 9.59 Å². The van der Waals surface area contributed by atoms with Gasteiger partial charge in [0.2, 0.25) is 11.8 Å². The van der Waals surface area contributed by atoms with E-state index in [1.54, 1.807) is 19.2 Å². The SMILES string of the molecule is COc1ccccc1S[C@@H]1CC(=O)N(c2ccc(Br)cc2)C1=O. The van der Waals surface area contributed by atoms with E-state index in [2.05, 4.69) is 15.9 Å². The number of methoxy groups -OCH3 is 1. The number of para-hydroxylation sites is 1. The molecule has 6 heteroatoms. The van der Waals surface area contributed by atoms with Crippen molar-refractivity contribution < 1.29 is 14.3 Å². The van der Waals surface area contributed by atoms with Gasteiger partial charge in [0.25, 0.3) is 0 Å². The number of thioether (sulfide) groups is 1. The lowest BCUT2D eigenvalue weighted by molar-refractivity contribution is -0.121. The number of nitrogens with zero attached hydrogens (tertiary/aromatic N) is 1. The van der Waals surface area contributed by atoms with Crippen LogP contribution >= 0.6 is 27.7 Å². The third kappa shape index (κ3) is 3.28. The van der Waals surface area contributed by atoms with Gasteiger partial charge in [-0.05, 0) is 36.4 Å². The van der Waals surface area contributed by atoms with Crippen LogP contribution in [0.1, 0.15) is 6.42 Å². The Labute approximate surface area is 146 Å². The Kier molecular flexibility index (Phi) is 4.73. The van der Waals surface area contributed by atoms with E-state index in [0.29, 0.717) is 11.4 Å². The highest BCUT2D eigenvalue weighted by atomic mass is 79.9. The molecule has 1 aliphatic heterocycles. The lowest BCUT2D eigenvalue weighted by Crippen LogP contribution is -2.31. The van der Waals surface area contributed by atoms with Crippen LogP contribution in [0.25, 0.3) is 0 Å². The molecule has 1 fully saturated rings. The number of amides is 2. The van der Waals surface area contributed by atoms with Crippen molar-refractivity contribution >= 4 is 45.2 Å². The predicted molar refractivity (Wildman–Crippen MR) is 93.9 cm³/mol. The van der Waals surface area contributed by atoms with Crippen molar-refractivity contribution in [3.8, 4) is 5.75 Å². The molecule has 0 aromatic heterocycles. The Hall–Kier alpha value is -1.79. The normalized spacial score (nSPS) is 17.7. The van der Waals surface area contributed by atoms with Gasteiger partial charge in [-0.25, -0.2) is 4.90 Å². The Morgan fingerprint density at radius 1 is 1.13 bits per heavy atom. The molecule has 0 spiro atoms. The van der Waals surface area contributed by atoms with E-state index in [0.717, 1.165) is 9.37 Å². The van der Waals surface area contributed by atoms with Gasteiger partial charge in [0.05, 0.1) is 22.9 Å². The monoisotopic (exact) mass is 391 g/mol. The highest BCUT2D eigenvalue weighted by molar-refractivity contribution is 9.10. The molecule has 2 aromatic carbocycles. The van der Waals surface area contributed by atoms with E-state index in [1.165, 1.54) is 16.7 Å². The van der Waals surface area contributed by atoms with Gasteiger partial charge in [-0.2, -0.15) is 0 Å². The molecule has 2 aromatic rings. The first-order chi connectivity index (χ1) is 11.1. The molecule has 4 nitrogen and oxygen atoms in total. The minimum atomic E-state index is -0.428. The van der Waals surface area contributed by atoms with E-state index in [9.17, 15) is 9.59 Å². The molecule has 1 heterocycles. The van der Waals surface area contributed by atoms with E-state index >= 15 is 0 Å². The quantitative estimate of drug-likeness (QED) is 0.741. The number of ether oxygens (including phenoxy) is 1. The zero-order chi connectivity index (χ0) is 16.4. The minimum absolute atomic E-state index is 0.176. The van der Waals surface area contributed by atoms with Crippen molar-refractivity contribution in [1.82, 2.24) is 0 Å². The molecule has 1 saturated heterocycles. The van der Waals surface area contributed by atoms with Crippen LogP contribution in [0.15, 0.2) is 57.9 Å².